The Morgan fingerprint density at radius 3 is 1.35 bits per heavy atom. The Kier molecular flexibility index (Phi) is 11.6. The van der Waals surface area contributed by atoms with Crippen LogP contribution in [0, 0.1) is 0 Å². The summed E-state index contributed by atoms with van der Waals surface area (Å²) in [4.78, 5) is 0. The van der Waals surface area contributed by atoms with E-state index in [4.69, 9.17) is 8.85 Å². The van der Waals surface area contributed by atoms with Crippen LogP contribution in [0.5, 0.6) is 0 Å². The second-order valence-electron chi connectivity index (χ2n) is 5.41. The lowest BCUT2D eigenvalue weighted by atomic mass is 10.3. The molecule has 0 bridgehead atoms. The molecule has 0 saturated carbocycles. The Balaban J connectivity index is 0. The first-order valence-corrected chi connectivity index (χ1v) is 8.64. The fraction of sp³-hybridized carbons (Fsp3) is 1.00. The van der Waals surface area contributed by atoms with E-state index in [1.54, 1.807) is 0 Å². The van der Waals surface area contributed by atoms with E-state index in [0.29, 0.717) is 12.2 Å². The molecule has 0 aromatic rings. The molecule has 0 amide bonds. The van der Waals surface area contributed by atoms with E-state index < -0.39 is 9.28 Å². The maximum Gasteiger partial charge on any atom is 0.327 e. The van der Waals surface area contributed by atoms with Crippen LogP contribution in [0.15, 0.2) is 0 Å². The summed E-state index contributed by atoms with van der Waals surface area (Å²) in [6.07, 6.45) is 2.77. The summed E-state index contributed by atoms with van der Waals surface area (Å²) in [6, 6.07) is 0. The monoisotopic (exact) mass is 262 g/mol. The Morgan fingerprint density at radius 1 is 0.882 bits per heavy atom. The highest BCUT2D eigenvalue weighted by molar-refractivity contribution is 6.48. The van der Waals surface area contributed by atoms with E-state index >= 15 is 0 Å². The molecule has 0 fully saturated rings. The zero-order valence-corrected chi connectivity index (χ0v) is 14.6. The van der Waals surface area contributed by atoms with E-state index in [1.807, 2.05) is 13.8 Å². The highest BCUT2D eigenvalue weighted by Gasteiger charge is 2.32. The fourth-order valence-corrected chi connectivity index (χ4v) is 3.16. The molecule has 2 nitrogen and oxygen atoms in total. The van der Waals surface area contributed by atoms with Crippen LogP contribution in [-0.4, -0.2) is 21.5 Å². The maximum absolute atomic E-state index is 6.05. The molecule has 17 heavy (non-hydrogen) atoms. The van der Waals surface area contributed by atoms with Crippen LogP contribution in [0.2, 0.25) is 5.04 Å². The van der Waals surface area contributed by atoms with Crippen molar-refractivity contribution >= 4 is 9.28 Å². The lowest BCUT2D eigenvalue weighted by molar-refractivity contribution is 0.0972. The number of rotatable bonds is 6. The molecule has 0 saturated heterocycles. The minimum Gasteiger partial charge on any atom is -0.393 e. The molecule has 0 spiro atoms. The van der Waals surface area contributed by atoms with Gasteiger partial charge in [-0.3, -0.25) is 0 Å². The lowest BCUT2D eigenvalue weighted by Crippen LogP contribution is -2.38. The first-order valence-electron chi connectivity index (χ1n) is 7.12. The summed E-state index contributed by atoms with van der Waals surface area (Å²) in [7, 11) is -1.57. The van der Waals surface area contributed by atoms with Crippen LogP contribution >= 0.6 is 0 Å². The van der Waals surface area contributed by atoms with Gasteiger partial charge in [-0.2, -0.15) is 0 Å². The molecule has 0 aliphatic carbocycles. The molecule has 3 heteroatoms. The molecule has 0 aliphatic rings. The normalized spacial score (nSPS) is 16.8. The van der Waals surface area contributed by atoms with Gasteiger partial charge in [0.05, 0.1) is 0 Å². The van der Waals surface area contributed by atoms with Gasteiger partial charge in [-0.25, -0.2) is 0 Å². The van der Waals surface area contributed by atoms with Crippen LogP contribution in [0.1, 0.15) is 75.2 Å². The summed E-state index contributed by atoms with van der Waals surface area (Å²) in [5, 5.41) is 0.173. The van der Waals surface area contributed by atoms with Crippen molar-refractivity contribution in [2.45, 2.75) is 92.4 Å². The summed E-state index contributed by atoms with van der Waals surface area (Å²) < 4.78 is 12.1. The first-order chi connectivity index (χ1) is 7.81. The second kappa shape index (κ2) is 10.1. The van der Waals surface area contributed by atoms with Gasteiger partial charge in [0, 0.05) is 17.2 Å². The Labute approximate surface area is 111 Å². The number of hydrogen-bond acceptors (Lipinski definition) is 2. The molecular weight excluding hydrogens is 228 g/mol. The molecule has 106 valence electrons. The van der Waals surface area contributed by atoms with Gasteiger partial charge in [-0.15, -0.1) is 0 Å². The van der Waals surface area contributed by atoms with Gasteiger partial charge in [-0.1, -0.05) is 48.5 Å². The zero-order chi connectivity index (χ0) is 14.1. The van der Waals surface area contributed by atoms with Crippen molar-refractivity contribution < 1.29 is 8.85 Å². The predicted molar refractivity (Wildman–Crippen MR) is 79.9 cm³/mol. The molecule has 0 heterocycles. The lowest BCUT2D eigenvalue weighted by Gasteiger charge is -2.32. The van der Waals surface area contributed by atoms with Gasteiger partial charge < -0.3 is 8.85 Å². The van der Waals surface area contributed by atoms with Crippen LogP contribution in [0.4, 0.5) is 0 Å². The predicted octanol–water partition coefficient (Wildman–Crippen LogP) is 4.66. The largest absolute Gasteiger partial charge is 0.393 e. The van der Waals surface area contributed by atoms with Gasteiger partial charge in [0.15, 0.2) is 0 Å². The minimum atomic E-state index is -1.57. The van der Waals surface area contributed by atoms with Crippen molar-refractivity contribution in [2.75, 3.05) is 0 Å². The van der Waals surface area contributed by atoms with Gasteiger partial charge in [0.25, 0.3) is 0 Å². The van der Waals surface area contributed by atoms with Crippen LogP contribution in [0.3, 0.4) is 0 Å². The first kappa shape index (κ1) is 19.5. The van der Waals surface area contributed by atoms with Crippen molar-refractivity contribution in [1.82, 2.24) is 0 Å². The highest BCUT2D eigenvalue weighted by atomic mass is 28.3. The van der Waals surface area contributed by atoms with E-state index in [2.05, 4.69) is 48.5 Å². The van der Waals surface area contributed by atoms with E-state index in [-0.39, 0.29) is 5.04 Å². The van der Waals surface area contributed by atoms with Crippen molar-refractivity contribution in [1.29, 1.82) is 0 Å². The van der Waals surface area contributed by atoms with E-state index in [0.717, 1.165) is 12.8 Å². The standard InChI is InChI=1S/C12H28O2Si.C2H6/c1-8-10(3)13-15(12(5,6)7)14-11(4)9-2;1-2/h10-11,15H,8-9H2,1-7H3;1-2H3. The summed E-state index contributed by atoms with van der Waals surface area (Å²) in [5.74, 6) is 0. The van der Waals surface area contributed by atoms with Crippen molar-refractivity contribution in [3.05, 3.63) is 0 Å². The van der Waals surface area contributed by atoms with E-state index in [1.165, 1.54) is 0 Å². The Hall–Kier alpha value is 0.137. The minimum absolute atomic E-state index is 0.173. The van der Waals surface area contributed by atoms with Crippen molar-refractivity contribution in [3.63, 3.8) is 0 Å². The van der Waals surface area contributed by atoms with Crippen LogP contribution in [-0.2, 0) is 8.85 Å². The summed E-state index contributed by atoms with van der Waals surface area (Å²) >= 11 is 0. The van der Waals surface area contributed by atoms with Gasteiger partial charge in [0.2, 0.25) is 0 Å². The fourth-order valence-electron chi connectivity index (χ4n) is 1.05. The Morgan fingerprint density at radius 2 is 1.18 bits per heavy atom. The molecule has 0 N–H and O–H groups in total. The summed E-state index contributed by atoms with van der Waals surface area (Å²) in [5.41, 5.74) is 0. The molecule has 2 atom stereocenters. The van der Waals surface area contributed by atoms with Gasteiger partial charge in [0.1, 0.15) is 0 Å². The average Bonchev–Trinajstić information content (AvgIpc) is 2.29. The third-order valence-corrected chi connectivity index (χ3v) is 5.41. The van der Waals surface area contributed by atoms with E-state index in [9.17, 15) is 0 Å². The zero-order valence-electron chi connectivity index (χ0n) is 13.5. The molecule has 0 rings (SSSR count). The average molecular weight is 263 g/mol. The molecule has 2 unspecified atom stereocenters. The quantitative estimate of drug-likeness (QED) is 0.648. The smallest absolute Gasteiger partial charge is 0.327 e. The topological polar surface area (TPSA) is 18.5 Å². The van der Waals surface area contributed by atoms with Crippen LogP contribution < -0.4 is 0 Å². The van der Waals surface area contributed by atoms with Gasteiger partial charge >= 0.3 is 9.28 Å². The molecule has 0 radical (unpaired) electrons. The van der Waals surface area contributed by atoms with Crippen molar-refractivity contribution in [2.24, 2.45) is 0 Å². The Bertz CT molecular complexity index is 154. The van der Waals surface area contributed by atoms with Crippen molar-refractivity contribution in [3.8, 4) is 0 Å². The molecule has 0 aromatic heterocycles. The third kappa shape index (κ3) is 9.80. The third-order valence-electron chi connectivity index (χ3n) is 2.57. The molecule has 0 aliphatic heterocycles. The van der Waals surface area contributed by atoms with Gasteiger partial charge in [-0.05, 0) is 26.7 Å². The second-order valence-corrected chi connectivity index (χ2v) is 8.35. The molecule has 0 aromatic carbocycles. The number of hydrogen-bond donors (Lipinski definition) is 0. The highest BCUT2D eigenvalue weighted by Crippen LogP contribution is 2.30. The molecular formula is C14H34O2Si. The maximum atomic E-state index is 6.05. The SMILES string of the molecule is CC.CCC(C)O[SiH](OC(C)CC)C(C)(C)C. The van der Waals surface area contributed by atoms with Crippen LogP contribution in [0.25, 0.3) is 0 Å². The summed E-state index contributed by atoms with van der Waals surface area (Å²) in [6.45, 7) is 19.2.